The molecule has 1 rings (SSSR count). The number of piperazine rings is 1. The predicted octanol–water partition coefficient (Wildman–Crippen LogP) is -1.89. The molecule has 1 aliphatic heterocycles. The van der Waals surface area contributed by atoms with Crippen LogP contribution in [0.1, 0.15) is 0 Å². The third-order valence-electron chi connectivity index (χ3n) is 2.50. The monoisotopic (exact) mass is 262 g/mol. The fraction of sp³-hybridized carbons (Fsp3) is 0.667. The van der Waals surface area contributed by atoms with E-state index in [0.29, 0.717) is 32.7 Å². The number of carbonyl (C=O) groups is 1. The van der Waals surface area contributed by atoms with E-state index >= 15 is 0 Å². The van der Waals surface area contributed by atoms with E-state index in [1.54, 1.807) is 6.08 Å². The molecule has 1 saturated heterocycles. The molecule has 8 heteroatoms. The smallest absolute Gasteiger partial charge is 0.276 e. The van der Waals surface area contributed by atoms with Crippen molar-refractivity contribution in [3.8, 4) is 0 Å². The van der Waals surface area contributed by atoms with E-state index in [4.69, 9.17) is 5.14 Å². The number of hydrogen-bond acceptors (Lipinski definition) is 4. The summed E-state index contributed by atoms with van der Waals surface area (Å²) >= 11 is 0. The SMILES string of the molecule is C=CCNC(=O)CN1CCN(S(N)(=O)=O)CC1. The Kier molecular flexibility index (Phi) is 5.06. The van der Waals surface area contributed by atoms with Gasteiger partial charge in [-0.15, -0.1) is 6.58 Å². The first-order valence-electron chi connectivity index (χ1n) is 5.31. The molecule has 0 unspecified atom stereocenters. The molecule has 0 aromatic heterocycles. The summed E-state index contributed by atoms with van der Waals surface area (Å²) in [5.41, 5.74) is 0. The second kappa shape index (κ2) is 6.10. The van der Waals surface area contributed by atoms with Gasteiger partial charge >= 0.3 is 0 Å². The zero-order valence-corrected chi connectivity index (χ0v) is 10.4. The molecule has 0 saturated carbocycles. The number of nitrogens with one attached hydrogen (secondary N) is 1. The van der Waals surface area contributed by atoms with Gasteiger partial charge in [-0.05, 0) is 0 Å². The molecule has 17 heavy (non-hydrogen) atoms. The highest BCUT2D eigenvalue weighted by molar-refractivity contribution is 7.86. The summed E-state index contributed by atoms with van der Waals surface area (Å²) in [5.74, 6) is -0.0889. The first-order chi connectivity index (χ1) is 7.93. The van der Waals surface area contributed by atoms with Crippen LogP contribution in [0.5, 0.6) is 0 Å². The van der Waals surface area contributed by atoms with Gasteiger partial charge in [-0.2, -0.15) is 12.7 Å². The lowest BCUT2D eigenvalue weighted by molar-refractivity contribution is -0.122. The van der Waals surface area contributed by atoms with Gasteiger partial charge in [0.25, 0.3) is 10.2 Å². The Morgan fingerprint density at radius 1 is 1.35 bits per heavy atom. The minimum absolute atomic E-state index is 0.0889. The maximum atomic E-state index is 11.4. The van der Waals surface area contributed by atoms with Crippen LogP contribution < -0.4 is 10.5 Å². The molecule has 0 aliphatic carbocycles. The molecule has 0 aromatic rings. The Balaban J connectivity index is 2.32. The highest BCUT2D eigenvalue weighted by Crippen LogP contribution is 2.03. The van der Waals surface area contributed by atoms with Crippen LogP contribution in [-0.4, -0.2) is 62.8 Å². The first kappa shape index (κ1) is 14.1. The first-order valence-corrected chi connectivity index (χ1v) is 6.81. The molecule has 1 fully saturated rings. The van der Waals surface area contributed by atoms with Crippen LogP contribution in [0, 0.1) is 0 Å². The number of amides is 1. The molecule has 1 aliphatic rings. The van der Waals surface area contributed by atoms with Crippen LogP contribution in [0.2, 0.25) is 0 Å². The van der Waals surface area contributed by atoms with Gasteiger partial charge in [-0.3, -0.25) is 9.69 Å². The summed E-state index contributed by atoms with van der Waals surface area (Å²) in [6, 6.07) is 0. The molecular weight excluding hydrogens is 244 g/mol. The number of nitrogens with two attached hydrogens (primary N) is 1. The quantitative estimate of drug-likeness (QED) is 0.566. The topological polar surface area (TPSA) is 95.7 Å². The third kappa shape index (κ3) is 4.82. The molecule has 3 N–H and O–H groups in total. The highest BCUT2D eigenvalue weighted by Gasteiger charge is 2.24. The van der Waals surface area contributed by atoms with E-state index in [2.05, 4.69) is 11.9 Å². The van der Waals surface area contributed by atoms with E-state index in [0.717, 1.165) is 0 Å². The van der Waals surface area contributed by atoms with Crippen LogP contribution in [0.15, 0.2) is 12.7 Å². The van der Waals surface area contributed by atoms with E-state index in [1.807, 2.05) is 4.90 Å². The Bertz CT molecular complexity index is 374. The summed E-state index contributed by atoms with van der Waals surface area (Å²) in [6.45, 7) is 5.89. The number of rotatable bonds is 5. The van der Waals surface area contributed by atoms with Crippen LogP contribution in [0.25, 0.3) is 0 Å². The standard InChI is InChI=1S/C9H18N4O3S/c1-2-3-11-9(14)8-12-4-6-13(7-5-12)17(10,15)16/h2H,1,3-8H2,(H,11,14)(H2,10,15,16). The lowest BCUT2D eigenvalue weighted by atomic mass is 10.3. The fourth-order valence-electron chi connectivity index (χ4n) is 1.59. The molecule has 7 nitrogen and oxygen atoms in total. The van der Waals surface area contributed by atoms with Gasteiger partial charge in [-0.25, -0.2) is 5.14 Å². The summed E-state index contributed by atoms with van der Waals surface area (Å²) in [4.78, 5) is 13.3. The van der Waals surface area contributed by atoms with Crippen molar-refractivity contribution in [1.82, 2.24) is 14.5 Å². The molecule has 0 radical (unpaired) electrons. The summed E-state index contributed by atoms with van der Waals surface area (Å²) in [7, 11) is -3.60. The van der Waals surface area contributed by atoms with Gasteiger partial charge in [0.2, 0.25) is 5.91 Å². The molecule has 0 bridgehead atoms. The Labute approximate surface area is 101 Å². The molecule has 0 aromatic carbocycles. The fourth-order valence-corrected chi connectivity index (χ4v) is 2.26. The van der Waals surface area contributed by atoms with Gasteiger partial charge in [0, 0.05) is 32.7 Å². The third-order valence-corrected chi connectivity index (χ3v) is 3.59. The minimum atomic E-state index is -3.60. The van der Waals surface area contributed by atoms with Gasteiger partial charge in [0.15, 0.2) is 0 Å². The van der Waals surface area contributed by atoms with E-state index in [9.17, 15) is 13.2 Å². The van der Waals surface area contributed by atoms with Crippen molar-refractivity contribution in [1.29, 1.82) is 0 Å². The minimum Gasteiger partial charge on any atom is -0.352 e. The lowest BCUT2D eigenvalue weighted by Crippen LogP contribution is -2.52. The van der Waals surface area contributed by atoms with Gasteiger partial charge < -0.3 is 5.32 Å². The summed E-state index contributed by atoms with van der Waals surface area (Å²) in [6.07, 6.45) is 1.61. The average Bonchev–Trinajstić information content (AvgIpc) is 2.26. The second-order valence-electron chi connectivity index (χ2n) is 3.81. The normalized spacial score (nSPS) is 18.9. The van der Waals surface area contributed by atoms with Crippen LogP contribution in [-0.2, 0) is 15.0 Å². The maximum Gasteiger partial charge on any atom is 0.276 e. The Hall–Kier alpha value is -0.960. The van der Waals surface area contributed by atoms with Gasteiger partial charge in [0.05, 0.1) is 6.54 Å². The van der Waals surface area contributed by atoms with Crippen molar-refractivity contribution in [2.75, 3.05) is 39.3 Å². The number of nitrogens with zero attached hydrogens (tertiary/aromatic N) is 2. The van der Waals surface area contributed by atoms with Crippen molar-refractivity contribution in [2.24, 2.45) is 5.14 Å². The van der Waals surface area contributed by atoms with Crippen molar-refractivity contribution in [2.45, 2.75) is 0 Å². The maximum absolute atomic E-state index is 11.4. The van der Waals surface area contributed by atoms with Gasteiger partial charge in [-0.1, -0.05) is 6.08 Å². The van der Waals surface area contributed by atoms with E-state index < -0.39 is 10.2 Å². The van der Waals surface area contributed by atoms with Crippen LogP contribution >= 0.6 is 0 Å². The zero-order chi connectivity index (χ0) is 12.9. The Morgan fingerprint density at radius 3 is 2.41 bits per heavy atom. The second-order valence-corrected chi connectivity index (χ2v) is 5.36. The highest BCUT2D eigenvalue weighted by atomic mass is 32.2. The average molecular weight is 262 g/mol. The molecule has 98 valence electrons. The van der Waals surface area contributed by atoms with Crippen LogP contribution in [0.3, 0.4) is 0 Å². The summed E-state index contributed by atoms with van der Waals surface area (Å²) in [5, 5.41) is 7.68. The van der Waals surface area contributed by atoms with E-state index in [-0.39, 0.29) is 12.5 Å². The zero-order valence-electron chi connectivity index (χ0n) is 9.63. The Morgan fingerprint density at radius 2 is 1.94 bits per heavy atom. The number of hydrogen-bond donors (Lipinski definition) is 2. The van der Waals surface area contributed by atoms with Crippen molar-refractivity contribution in [3.05, 3.63) is 12.7 Å². The van der Waals surface area contributed by atoms with Crippen molar-refractivity contribution < 1.29 is 13.2 Å². The van der Waals surface area contributed by atoms with E-state index in [1.165, 1.54) is 4.31 Å². The largest absolute Gasteiger partial charge is 0.352 e. The number of carbonyl (C=O) groups excluding carboxylic acids is 1. The molecule has 0 spiro atoms. The molecular formula is C9H18N4O3S. The van der Waals surface area contributed by atoms with Crippen molar-refractivity contribution >= 4 is 16.1 Å². The molecule has 0 atom stereocenters. The summed E-state index contributed by atoms with van der Waals surface area (Å²) < 4.78 is 23.3. The predicted molar refractivity (Wildman–Crippen MR) is 64.3 cm³/mol. The van der Waals surface area contributed by atoms with Gasteiger partial charge in [0.1, 0.15) is 0 Å². The molecule has 1 amide bonds. The van der Waals surface area contributed by atoms with Crippen LogP contribution in [0.4, 0.5) is 0 Å². The van der Waals surface area contributed by atoms with Crippen molar-refractivity contribution in [3.63, 3.8) is 0 Å². The molecule has 1 heterocycles. The lowest BCUT2D eigenvalue weighted by Gasteiger charge is -2.32.